The molecule has 0 N–H and O–H groups in total. The predicted molar refractivity (Wildman–Crippen MR) is 66.7 cm³/mol. The van der Waals surface area contributed by atoms with Crippen LogP contribution in [-0.4, -0.2) is 19.9 Å². The van der Waals surface area contributed by atoms with Gasteiger partial charge in [0, 0.05) is 16.4 Å². The van der Waals surface area contributed by atoms with Crippen molar-refractivity contribution in [3.63, 3.8) is 0 Å². The Kier molecular flexibility index (Phi) is 3.48. The van der Waals surface area contributed by atoms with Crippen LogP contribution >= 0.6 is 27.3 Å². The van der Waals surface area contributed by atoms with E-state index in [1.165, 1.54) is 11.3 Å². The van der Waals surface area contributed by atoms with Crippen LogP contribution in [0.1, 0.15) is 13.3 Å². The Hall–Kier alpha value is -0.330. The van der Waals surface area contributed by atoms with Crippen LogP contribution < -0.4 is 0 Å². The fraction of sp³-hybridized carbons (Fsp3) is 0.333. The van der Waals surface area contributed by atoms with Gasteiger partial charge in [-0.25, -0.2) is 9.97 Å². The molecule has 0 aliphatic rings. The summed E-state index contributed by atoms with van der Waals surface area (Å²) in [4.78, 5) is 8.42. The Morgan fingerprint density at radius 2 is 2.40 bits per heavy atom. The average molecular weight is 305 g/mol. The highest BCUT2D eigenvalue weighted by molar-refractivity contribution is 9.10. The van der Waals surface area contributed by atoms with Crippen LogP contribution in [0.4, 0.5) is 0 Å². The molecule has 80 valence electrons. The molecule has 2 aromatic rings. The summed E-state index contributed by atoms with van der Waals surface area (Å²) in [5, 5.41) is 0. The van der Waals surface area contributed by atoms with Crippen molar-refractivity contribution in [3.05, 3.63) is 16.7 Å². The van der Waals surface area contributed by atoms with Crippen molar-refractivity contribution in [2.24, 2.45) is 0 Å². The summed E-state index contributed by atoms with van der Waals surface area (Å²) in [6, 6.07) is 1.95. The average Bonchev–Trinajstić information content (AvgIpc) is 2.60. The Balaban J connectivity index is 2.42. The van der Waals surface area contributed by atoms with Gasteiger partial charge in [0.05, 0.1) is 15.5 Å². The predicted octanol–water partition coefficient (Wildman–Crippen LogP) is 2.97. The standard InChI is InChI=1S/C9H9BrN2OS2/c1-2-3-15(13)9-12-8-7(14-9)4-6(10)5-11-8/h4-5H,2-3H2,1H3. The number of hydrogen-bond donors (Lipinski definition) is 0. The van der Waals surface area contributed by atoms with E-state index in [1.807, 2.05) is 13.0 Å². The summed E-state index contributed by atoms with van der Waals surface area (Å²) in [7, 11) is -0.971. The first-order valence-electron chi connectivity index (χ1n) is 4.51. The third-order valence-electron chi connectivity index (χ3n) is 1.78. The van der Waals surface area contributed by atoms with Crippen molar-refractivity contribution in [3.8, 4) is 0 Å². The van der Waals surface area contributed by atoms with Crippen LogP contribution in [0.15, 0.2) is 21.1 Å². The lowest BCUT2D eigenvalue weighted by atomic mass is 10.5. The van der Waals surface area contributed by atoms with Crippen molar-refractivity contribution in [2.45, 2.75) is 17.7 Å². The Labute approximate surface area is 103 Å². The van der Waals surface area contributed by atoms with Gasteiger partial charge in [-0.3, -0.25) is 4.21 Å². The first-order valence-corrected chi connectivity index (χ1v) is 7.44. The highest BCUT2D eigenvalue weighted by atomic mass is 79.9. The molecular weight excluding hydrogens is 296 g/mol. The minimum absolute atomic E-state index is 0.668. The molecular formula is C9H9BrN2OS2. The maximum Gasteiger partial charge on any atom is 0.183 e. The fourth-order valence-electron chi connectivity index (χ4n) is 1.15. The largest absolute Gasteiger partial charge is 0.252 e. The SMILES string of the molecule is CCCS(=O)c1nc2ncc(Br)cc2s1. The van der Waals surface area contributed by atoms with Gasteiger partial charge in [0.1, 0.15) is 0 Å². The van der Waals surface area contributed by atoms with Gasteiger partial charge < -0.3 is 0 Å². The fourth-order valence-corrected chi connectivity index (χ4v) is 3.95. The van der Waals surface area contributed by atoms with E-state index in [-0.39, 0.29) is 0 Å². The highest BCUT2D eigenvalue weighted by Crippen LogP contribution is 2.25. The van der Waals surface area contributed by atoms with Crippen molar-refractivity contribution >= 4 is 48.4 Å². The molecule has 2 rings (SSSR count). The Morgan fingerprint density at radius 3 is 3.13 bits per heavy atom. The first-order chi connectivity index (χ1) is 7.20. The van der Waals surface area contributed by atoms with Gasteiger partial charge in [-0.15, -0.1) is 11.3 Å². The van der Waals surface area contributed by atoms with E-state index in [2.05, 4.69) is 25.9 Å². The van der Waals surface area contributed by atoms with Gasteiger partial charge in [0.2, 0.25) is 0 Å². The topological polar surface area (TPSA) is 42.9 Å². The summed E-state index contributed by atoms with van der Waals surface area (Å²) < 4.78 is 14.3. The molecule has 6 heteroatoms. The van der Waals surface area contributed by atoms with Crippen molar-refractivity contribution in [1.29, 1.82) is 0 Å². The maximum absolute atomic E-state index is 11.7. The van der Waals surface area contributed by atoms with E-state index in [4.69, 9.17) is 0 Å². The van der Waals surface area contributed by atoms with Crippen LogP contribution in [0.25, 0.3) is 10.3 Å². The molecule has 0 amide bonds. The maximum atomic E-state index is 11.7. The lowest BCUT2D eigenvalue weighted by Crippen LogP contribution is -1.95. The zero-order valence-corrected chi connectivity index (χ0v) is 11.3. The van der Waals surface area contributed by atoms with E-state index in [9.17, 15) is 4.21 Å². The second-order valence-corrected chi connectivity index (χ2v) is 6.70. The molecule has 0 aromatic carbocycles. The zero-order chi connectivity index (χ0) is 10.8. The van der Waals surface area contributed by atoms with Crippen LogP contribution in [0.2, 0.25) is 0 Å². The van der Waals surface area contributed by atoms with Gasteiger partial charge in [-0.2, -0.15) is 0 Å². The molecule has 3 nitrogen and oxygen atoms in total. The van der Waals surface area contributed by atoms with Crippen molar-refractivity contribution in [1.82, 2.24) is 9.97 Å². The normalized spacial score (nSPS) is 13.2. The molecule has 0 spiro atoms. The number of thiazole rings is 1. The number of nitrogens with zero attached hydrogens (tertiary/aromatic N) is 2. The van der Waals surface area contributed by atoms with Crippen LogP contribution in [0.5, 0.6) is 0 Å². The number of rotatable bonds is 3. The minimum atomic E-state index is -0.971. The quantitative estimate of drug-likeness (QED) is 0.875. The van der Waals surface area contributed by atoms with Gasteiger partial charge in [0.25, 0.3) is 0 Å². The van der Waals surface area contributed by atoms with Gasteiger partial charge in [-0.05, 0) is 28.4 Å². The molecule has 0 bridgehead atoms. The molecule has 0 fully saturated rings. The molecule has 0 aliphatic heterocycles. The van der Waals surface area contributed by atoms with Crippen LogP contribution in [0, 0.1) is 0 Å². The van der Waals surface area contributed by atoms with Crippen molar-refractivity contribution < 1.29 is 4.21 Å². The molecule has 2 aromatic heterocycles. The second-order valence-electron chi connectivity index (χ2n) is 3.00. The summed E-state index contributed by atoms with van der Waals surface area (Å²) >= 11 is 4.81. The second kappa shape index (κ2) is 4.67. The first kappa shape index (κ1) is 11.2. The summed E-state index contributed by atoms with van der Waals surface area (Å²) in [6.45, 7) is 2.01. The molecule has 0 radical (unpaired) electrons. The Bertz CT molecular complexity index is 512. The van der Waals surface area contributed by atoms with Gasteiger partial charge in [0.15, 0.2) is 9.99 Å². The minimum Gasteiger partial charge on any atom is -0.252 e. The van der Waals surface area contributed by atoms with E-state index in [0.29, 0.717) is 15.7 Å². The molecule has 2 heterocycles. The molecule has 0 saturated heterocycles. The highest BCUT2D eigenvalue weighted by Gasteiger charge is 2.10. The van der Waals surface area contributed by atoms with Crippen LogP contribution in [0.3, 0.4) is 0 Å². The van der Waals surface area contributed by atoms with E-state index >= 15 is 0 Å². The zero-order valence-electron chi connectivity index (χ0n) is 8.07. The summed E-state index contributed by atoms with van der Waals surface area (Å²) in [5.74, 6) is 0.668. The number of pyridine rings is 1. The molecule has 1 atom stereocenters. The molecule has 15 heavy (non-hydrogen) atoms. The number of aromatic nitrogens is 2. The smallest absolute Gasteiger partial charge is 0.183 e. The molecule has 0 aliphatic carbocycles. The van der Waals surface area contributed by atoms with E-state index in [1.54, 1.807) is 6.20 Å². The summed E-state index contributed by atoms with van der Waals surface area (Å²) in [6.07, 6.45) is 2.61. The number of halogens is 1. The lowest BCUT2D eigenvalue weighted by molar-refractivity contribution is 0.681. The number of hydrogen-bond acceptors (Lipinski definition) is 4. The van der Waals surface area contributed by atoms with Crippen LogP contribution in [-0.2, 0) is 10.8 Å². The van der Waals surface area contributed by atoms with E-state index in [0.717, 1.165) is 15.6 Å². The third-order valence-corrected chi connectivity index (χ3v) is 5.07. The lowest BCUT2D eigenvalue weighted by Gasteiger charge is -1.91. The molecule has 0 saturated carbocycles. The Morgan fingerprint density at radius 1 is 1.60 bits per heavy atom. The third kappa shape index (κ3) is 2.43. The van der Waals surface area contributed by atoms with Gasteiger partial charge in [-0.1, -0.05) is 6.92 Å². The number of fused-ring (bicyclic) bond motifs is 1. The monoisotopic (exact) mass is 304 g/mol. The summed E-state index contributed by atoms with van der Waals surface area (Å²) in [5.41, 5.74) is 0.683. The van der Waals surface area contributed by atoms with E-state index < -0.39 is 10.8 Å². The van der Waals surface area contributed by atoms with Crippen molar-refractivity contribution in [2.75, 3.05) is 5.75 Å². The molecule has 1 unspecified atom stereocenters. The van der Waals surface area contributed by atoms with Gasteiger partial charge >= 0.3 is 0 Å².